The SMILES string of the molecule is Cc1cccnc1CCCCNc1ncc(Cc2cncc(CN(C)C)c2)c(=O)[nH]1. The Labute approximate surface area is 177 Å². The monoisotopic (exact) mass is 406 g/mol. The minimum atomic E-state index is -0.116. The molecule has 30 heavy (non-hydrogen) atoms. The molecule has 0 fully saturated rings. The summed E-state index contributed by atoms with van der Waals surface area (Å²) in [6, 6.07) is 6.14. The number of hydrogen-bond donors (Lipinski definition) is 2. The molecule has 2 N–H and O–H groups in total. The van der Waals surface area contributed by atoms with Crippen molar-refractivity contribution < 1.29 is 0 Å². The Morgan fingerprint density at radius 2 is 1.93 bits per heavy atom. The van der Waals surface area contributed by atoms with Crippen molar-refractivity contribution in [2.45, 2.75) is 39.2 Å². The first-order chi connectivity index (χ1) is 14.5. The second kappa shape index (κ2) is 10.6. The van der Waals surface area contributed by atoms with Gasteiger partial charge in [-0.25, -0.2) is 4.98 Å². The number of hydrogen-bond acceptors (Lipinski definition) is 6. The van der Waals surface area contributed by atoms with E-state index in [1.807, 2.05) is 32.6 Å². The number of rotatable bonds is 10. The molecule has 0 spiro atoms. The van der Waals surface area contributed by atoms with E-state index in [-0.39, 0.29) is 5.56 Å². The first-order valence-corrected chi connectivity index (χ1v) is 10.3. The van der Waals surface area contributed by atoms with Crippen molar-refractivity contribution in [3.8, 4) is 0 Å². The molecule has 7 nitrogen and oxygen atoms in total. The van der Waals surface area contributed by atoms with Crippen LogP contribution in [0.25, 0.3) is 0 Å². The zero-order chi connectivity index (χ0) is 21.3. The first-order valence-electron chi connectivity index (χ1n) is 10.3. The van der Waals surface area contributed by atoms with Gasteiger partial charge in [0.05, 0.1) is 0 Å². The summed E-state index contributed by atoms with van der Waals surface area (Å²) in [7, 11) is 4.04. The summed E-state index contributed by atoms with van der Waals surface area (Å²) in [5.74, 6) is 0.511. The minimum Gasteiger partial charge on any atom is -0.356 e. The topological polar surface area (TPSA) is 86.8 Å². The van der Waals surface area contributed by atoms with Crippen LogP contribution in [-0.2, 0) is 19.4 Å². The van der Waals surface area contributed by atoms with Gasteiger partial charge < -0.3 is 10.2 Å². The van der Waals surface area contributed by atoms with Crippen LogP contribution in [0, 0.1) is 6.92 Å². The fraction of sp³-hybridized carbons (Fsp3) is 0.391. The van der Waals surface area contributed by atoms with Crippen LogP contribution < -0.4 is 10.9 Å². The molecule has 0 aliphatic heterocycles. The number of pyridine rings is 2. The zero-order valence-electron chi connectivity index (χ0n) is 18.0. The van der Waals surface area contributed by atoms with E-state index in [1.54, 1.807) is 12.4 Å². The van der Waals surface area contributed by atoms with Gasteiger partial charge in [-0.15, -0.1) is 0 Å². The lowest BCUT2D eigenvalue weighted by atomic mass is 10.1. The third-order valence-corrected chi connectivity index (χ3v) is 4.87. The van der Waals surface area contributed by atoms with Crippen molar-refractivity contribution in [1.29, 1.82) is 0 Å². The number of unbranched alkanes of at least 4 members (excludes halogenated alkanes) is 1. The van der Waals surface area contributed by atoms with Crippen LogP contribution in [0.5, 0.6) is 0 Å². The highest BCUT2D eigenvalue weighted by Crippen LogP contribution is 2.10. The molecule has 7 heteroatoms. The normalized spacial score (nSPS) is 11.1. The molecule has 0 aliphatic carbocycles. The van der Waals surface area contributed by atoms with Crippen molar-refractivity contribution in [3.05, 3.63) is 81.3 Å². The number of H-pyrrole nitrogens is 1. The van der Waals surface area contributed by atoms with Crippen molar-refractivity contribution in [3.63, 3.8) is 0 Å². The molecule has 0 bridgehead atoms. The van der Waals surface area contributed by atoms with Gasteiger partial charge in [0.25, 0.3) is 5.56 Å². The minimum absolute atomic E-state index is 0.116. The van der Waals surface area contributed by atoms with Crippen LogP contribution in [0.1, 0.15) is 40.8 Å². The molecule has 158 valence electrons. The number of aromatic amines is 1. The number of aromatic nitrogens is 4. The lowest BCUT2D eigenvalue weighted by molar-refractivity contribution is 0.402. The van der Waals surface area contributed by atoms with Crippen molar-refractivity contribution in [2.75, 3.05) is 26.0 Å². The summed E-state index contributed by atoms with van der Waals surface area (Å²) in [5.41, 5.74) is 5.03. The number of aryl methyl sites for hydroxylation is 2. The van der Waals surface area contributed by atoms with Gasteiger partial charge in [0, 0.05) is 55.6 Å². The third kappa shape index (κ3) is 6.49. The molecule has 3 aromatic heterocycles. The molecule has 3 rings (SSSR count). The quantitative estimate of drug-likeness (QED) is 0.504. The molecule has 3 heterocycles. The Kier molecular flexibility index (Phi) is 7.68. The average molecular weight is 407 g/mol. The number of anilines is 1. The molecule has 0 unspecified atom stereocenters. The highest BCUT2D eigenvalue weighted by Gasteiger charge is 2.06. The van der Waals surface area contributed by atoms with E-state index in [0.717, 1.165) is 49.2 Å². The molecule has 0 aromatic carbocycles. The summed E-state index contributed by atoms with van der Waals surface area (Å²) < 4.78 is 0. The standard InChI is InChI=1S/C23H30N6O/c1-17-7-6-10-25-21(17)8-4-5-9-26-23-27-15-20(22(30)28-23)12-18-11-19(14-24-13-18)16-29(2)3/h6-7,10-11,13-15H,4-5,8-9,12,16H2,1-3H3,(H2,26,27,28,30). The fourth-order valence-electron chi connectivity index (χ4n) is 3.35. The summed E-state index contributed by atoms with van der Waals surface area (Å²) >= 11 is 0. The van der Waals surface area contributed by atoms with Crippen LogP contribution in [-0.4, -0.2) is 45.5 Å². The number of nitrogens with one attached hydrogen (secondary N) is 2. The third-order valence-electron chi connectivity index (χ3n) is 4.87. The van der Waals surface area contributed by atoms with Crippen LogP contribution in [0.15, 0.2) is 47.8 Å². The molecule has 3 aromatic rings. The lowest BCUT2D eigenvalue weighted by Crippen LogP contribution is -2.18. The Balaban J connectivity index is 1.49. The van der Waals surface area contributed by atoms with Gasteiger partial charge in [-0.1, -0.05) is 12.1 Å². The summed E-state index contributed by atoms with van der Waals surface area (Å²) in [4.78, 5) is 30.5. The van der Waals surface area contributed by atoms with Crippen molar-refractivity contribution in [1.82, 2.24) is 24.8 Å². The molecular formula is C23H30N6O. The predicted octanol–water partition coefficient (Wildman–Crippen LogP) is 2.96. The molecule has 0 amide bonds. The maximum atomic E-state index is 12.4. The molecular weight excluding hydrogens is 376 g/mol. The Morgan fingerprint density at radius 1 is 1.10 bits per heavy atom. The molecule has 0 radical (unpaired) electrons. The van der Waals surface area contributed by atoms with E-state index in [4.69, 9.17) is 0 Å². The van der Waals surface area contributed by atoms with E-state index in [9.17, 15) is 4.79 Å². The number of nitrogens with zero attached hydrogens (tertiary/aromatic N) is 4. The predicted molar refractivity (Wildman–Crippen MR) is 120 cm³/mol. The van der Waals surface area contributed by atoms with Crippen LogP contribution >= 0.6 is 0 Å². The highest BCUT2D eigenvalue weighted by atomic mass is 16.1. The lowest BCUT2D eigenvalue weighted by Gasteiger charge is -2.10. The first kappa shape index (κ1) is 21.6. The van der Waals surface area contributed by atoms with E-state index < -0.39 is 0 Å². The summed E-state index contributed by atoms with van der Waals surface area (Å²) in [5, 5.41) is 3.20. The van der Waals surface area contributed by atoms with Gasteiger partial charge in [0.15, 0.2) is 0 Å². The average Bonchev–Trinajstić information content (AvgIpc) is 2.71. The second-order valence-corrected chi connectivity index (χ2v) is 7.85. The van der Waals surface area contributed by atoms with Crippen LogP contribution in [0.2, 0.25) is 0 Å². The maximum absolute atomic E-state index is 12.4. The Hall–Kier alpha value is -3.06. The summed E-state index contributed by atoms with van der Waals surface area (Å²) in [6.45, 7) is 3.66. The van der Waals surface area contributed by atoms with Crippen molar-refractivity contribution >= 4 is 5.95 Å². The Morgan fingerprint density at radius 3 is 2.70 bits per heavy atom. The fourth-order valence-corrected chi connectivity index (χ4v) is 3.35. The maximum Gasteiger partial charge on any atom is 0.255 e. The van der Waals surface area contributed by atoms with Gasteiger partial charge in [-0.05, 0) is 63.0 Å². The van der Waals surface area contributed by atoms with E-state index in [1.165, 1.54) is 5.56 Å². The molecule has 0 atom stereocenters. The van der Waals surface area contributed by atoms with Gasteiger partial charge in [-0.3, -0.25) is 19.7 Å². The van der Waals surface area contributed by atoms with Gasteiger partial charge in [0.1, 0.15) is 0 Å². The summed E-state index contributed by atoms with van der Waals surface area (Å²) in [6.07, 6.45) is 10.6. The molecule has 0 aliphatic rings. The van der Waals surface area contributed by atoms with Gasteiger partial charge in [-0.2, -0.15) is 0 Å². The zero-order valence-corrected chi connectivity index (χ0v) is 18.0. The van der Waals surface area contributed by atoms with Gasteiger partial charge >= 0.3 is 0 Å². The van der Waals surface area contributed by atoms with Crippen LogP contribution in [0.3, 0.4) is 0 Å². The Bertz CT molecular complexity index is 1010. The van der Waals surface area contributed by atoms with E-state index in [2.05, 4.69) is 49.2 Å². The molecule has 0 saturated carbocycles. The highest BCUT2D eigenvalue weighted by molar-refractivity contribution is 5.28. The molecule has 0 saturated heterocycles. The second-order valence-electron chi connectivity index (χ2n) is 7.85. The van der Waals surface area contributed by atoms with Crippen molar-refractivity contribution in [2.24, 2.45) is 0 Å². The van der Waals surface area contributed by atoms with Gasteiger partial charge in [0.2, 0.25) is 5.95 Å². The largest absolute Gasteiger partial charge is 0.356 e. The van der Waals surface area contributed by atoms with Crippen LogP contribution in [0.4, 0.5) is 5.95 Å². The smallest absolute Gasteiger partial charge is 0.255 e. The van der Waals surface area contributed by atoms with E-state index >= 15 is 0 Å². The van der Waals surface area contributed by atoms with E-state index in [0.29, 0.717) is 17.9 Å².